The zero-order valence-electron chi connectivity index (χ0n) is 17.8. The molecule has 7 heteroatoms. The number of amides is 2. The Morgan fingerprint density at radius 1 is 1.17 bits per heavy atom. The Balaban J connectivity index is 1.69. The van der Waals surface area contributed by atoms with Crippen molar-refractivity contribution in [2.75, 3.05) is 6.54 Å². The van der Waals surface area contributed by atoms with Crippen LogP contribution in [0.2, 0.25) is 0 Å². The third-order valence-corrected chi connectivity index (χ3v) is 5.00. The van der Waals surface area contributed by atoms with Crippen LogP contribution in [0.4, 0.5) is 4.79 Å². The molecule has 156 valence electrons. The number of hydrogen-bond donors (Lipinski definition) is 2. The molecule has 0 bridgehead atoms. The number of aromatic nitrogens is 2. The molecule has 1 aliphatic carbocycles. The summed E-state index contributed by atoms with van der Waals surface area (Å²) in [6.07, 6.45) is 1.55. The first-order valence-corrected chi connectivity index (χ1v) is 9.99. The maximum Gasteiger partial charge on any atom is 0.407 e. The third-order valence-electron chi connectivity index (χ3n) is 5.00. The number of carbonyl (C=O) groups is 2. The van der Waals surface area contributed by atoms with Crippen LogP contribution in [-0.4, -0.2) is 39.5 Å². The van der Waals surface area contributed by atoms with Crippen molar-refractivity contribution in [3.05, 3.63) is 47.8 Å². The molecule has 0 saturated heterocycles. The minimum atomic E-state index is -0.564. The lowest BCUT2D eigenvalue weighted by atomic mass is 9.95. The number of nitrogens with one attached hydrogen (secondary N) is 2. The molecule has 1 aromatic carbocycles. The van der Waals surface area contributed by atoms with Crippen LogP contribution in [-0.2, 0) is 4.74 Å². The third kappa shape index (κ3) is 5.37. The van der Waals surface area contributed by atoms with Gasteiger partial charge < -0.3 is 15.4 Å². The van der Waals surface area contributed by atoms with Gasteiger partial charge >= 0.3 is 6.09 Å². The summed E-state index contributed by atoms with van der Waals surface area (Å²) in [6.45, 7) is 9.64. The number of rotatable bonds is 6. The number of carbonyl (C=O) groups excluding carboxylic acids is 2. The second-order valence-electron chi connectivity index (χ2n) is 8.92. The highest BCUT2D eigenvalue weighted by Gasteiger charge is 2.43. The van der Waals surface area contributed by atoms with Crippen LogP contribution in [0.25, 0.3) is 5.69 Å². The van der Waals surface area contributed by atoms with Crippen molar-refractivity contribution in [3.8, 4) is 5.69 Å². The molecular formula is C22H30N4O3. The number of hydrogen-bond acceptors (Lipinski definition) is 4. The predicted molar refractivity (Wildman–Crippen MR) is 111 cm³/mol. The number of benzene rings is 1. The van der Waals surface area contributed by atoms with Gasteiger partial charge in [-0.15, -0.1) is 0 Å². The molecule has 1 unspecified atom stereocenters. The summed E-state index contributed by atoms with van der Waals surface area (Å²) in [5.41, 5.74) is 1.02. The lowest BCUT2D eigenvalue weighted by molar-refractivity contribution is 0.0502. The van der Waals surface area contributed by atoms with Gasteiger partial charge in [0.25, 0.3) is 5.91 Å². The van der Waals surface area contributed by atoms with E-state index in [0.717, 1.165) is 24.2 Å². The van der Waals surface area contributed by atoms with Gasteiger partial charge in [0.2, 0.25) is 0 Å². The van der Waals surface area contributed by atoms with E-state index in [1.165, 1.54) is 0 Å². The fraction of sp³-hybridized carbons (Fsp3) is 0.500. The summed E-state index contributed by atoms with van der Waals surface area (Å²) in [6, 6.07) is 11.5. The van der Waals surface area contributed by atoms with Crippen LogP contribution in [0.3, 0.4) is 0 Å². The highest BCUT2D eigenvalue weighted by molar-refractivity contribution is 5.93. The summed E-state index contributed by atoms with van der Waals surface area (Å²) in [5, 5.41) is 10.4. The molecule has 1 atom stereocenters. The van der Waals surface area contributed by atoms with Gasteiger partial charge in [-0.3, -0.25) is 4.79 Å². The highest BCUT2D eigenvalue weighted by atomic mass is 16.6. The molecule has 3 rings (SSSR count). The van der Waals surface area contributed by atoms with E-state index in [4.69, 9.17) is 4.74 Å². The quantitative estimate of drug-likeness (QED) is 0.778. The summed E-state index contributed by atoms with van der Waals surface area (Å²) in [7, 11) is 0. The molecule has 1 heterocycles. The molecule has 2 N–H and O–H groups in total. The molecule has 1 aliphatic rings. The molecule has 1 saturated carbocycles. The van der Waals surface area contributed by atoms with Crippen molar-refractivity contribution in [2.45, 2.75) is 58.6 Å². The molecular weight excluding hydrogens is 368 g/mol. The minimum absolute atomic E-state index is 0.247. The lowest BCUT2D eigenvalue weighted by Gasteiger charge is -2.31. The van der Waals surface area contributed by atoms with Crippen molar-refractivity contribution in [1.29, 1.82) is 0 Å². The van der Waals surface area contributed by atoms with Gasteiger partial charge in [-0.05, 0) is 71.6 Å². The van der Waals surface area contributed by atoms with E-state index in [-0.39, 0.29) is 5.91 Å². The number of ether oxygens (including phenoxy) is 1. The average molecular weight is 399 g/mol. The summed E-state index contributed by atoms with van der Waals surface area (Å²) < 4.78 is 7.06. The Morgan fingerprint density at radius 3 is 2.41 bits per heavy atom. The van der Waals surface area contributed by atoms with E-state index >= 15 is 0 Å². The maximum absolute atomic E-state index is 12.9. The molecule has 1 fully saturated rings. The van der Waals surface area contributed by atoms with Gasteiger partial charge in [0.15, 0.2) is 5.69 Å². The second kappa shape index (κ2) is 7.89. The first-order valence-electron chi connectivity index (χ1n) is 9.99. The van der Waals surface area contributed by atoms with E-state index in [1.54, 1.807) is 10.7 Å². The van der Waals surface area contributed by atoms with Crippen molar-refractivity contribution in [1.82, 2.24) is 20.4 Å². The van der Waals surface area contributed by atoms with E-state index in [1.807, 2.05) is 65.0 Å². The number of nitrogens with zero attached hydrogens (tertiary/aromatic N) is 2. The molecule has 0 aliphatic heterocycles. The normalized spacial score (nSPS) is 16.0. The van der Waals surface area contributed by atoms with Crippen molar-refractivity contribution < 1.29 is 14.3 Å². The first-order chi connectivity index (χ1) is 13.6. The Bertz CT molecular complexity index is 881. The second-order valence-corrected chi connectivity index (χ2v) is 8.92. The Kier molecular flexibility index (Phi) is 5.68. The molecule has 2 aromatic rings. The van der Waals surface area contributed by atoms with Crippen molar-refractivity contribution in [2.24, 2.45) is 5.92 Å². The standard InChI is InChI=1S/C22H30N4O3/c1-15-13-18(25-26(15)17-9-7-6-8-10-17)19(27)24-22(5,16-11-12-16)14-23-20(28)29-21(2,3)4/h6-10,13,16H,11-12,14H2,1-5H3,(H,23,28)(H,24,27). The molecule has 0 radical (unpaired) electrons. The van der Waals surface area contributed by atoms with Gasteiger partial charge in [-0.2, -0.15) is 5.10 Å². The topological polar surface area (TPSA) is 85.2 Å². The van der Waals surface area contributed by atoms with Crippen molar-refractivity contribution in [3.63, 3.8) is 0 Å². The monoisotopic (exact) mass is 398 g/mol. The van der Waals surface area contributed by atoms with E-state index in [9.17, 15) is 9.59 Å². The SMILES string of the molecule is Cc1cc(C(=O)NC(C)(CNC(=O)OC(C)(C)C)C2CC2)nn1-c1ccccc1. The van der Waals surface area contributed by atoms with E-state index < -0.39 is 17.2 Å². The van der Waals surface area contributed by atoms with Crippen LogP contribution in [0.15, 0.2) is 36.4 Å². The summed E-state index contributed by atoms with van der Waals surface area (Å²) in [5.74, 6) is 0.0712. The van der Waals surface area contributed by atoms with Crippen LogP contribution in [0.5, 0.6) is 0 Å². The van der Waals surface area contributed by atoms with Crippen LogP contribution in [0.1, 0.15) is 56.7 Å². The molecule has 2 amide bonds. The van der Waals surface area contributed by atoms with E-state index in [2.05, 4.69) is 15.7 Å². The fourth-order valence-corrected chi connectivity index (χ4v) is 3.32. The number of aryl methyl sites for hydroxylation is 1. The Hall–Kier alpha value is -2.83. The highest BCUT2D eigenvalue weighted by Crippen LogP contribution is 2.39. The fourth-order valence-electron chi connectivity index (χ4n) is 3.32. The van der Waals surface area contributed by atoms with Crippen LogP contribution < -0.4 is 10.6 Å². The smallest absolute Gasteiger partial charge is 0.407 e. The van der Waals surface area contributed by atoms with Crippen molar-refractivity contribution >= 4 is 12.0 Å². The zero-order chi connectivity index (χ0) is 21.2. The number of alkyl carbamates (subject to hydrolysis) is 1. The predicted octanol–water partition coefficient (Wildman–Crippen LogP) is 3.60. The van der Waals surface area contributed by atoms with Gasteiger partial charge in [-0.1, -0.05) is 18.2 Å². The summed E-state index contributed by atoms with van der Waals surface area (Å²) >= 11 is 0. The average Bonchev–Trinajstić information content (AvgIpc) is 3.42. The zero-order valence-corrected chi connectivity index (χ0v) is 17.8. The molecule has 29 heavy (non-hydrogen) atoms. The molecule has 0 spiro atoms. The van der Waals surface area contributed by atoms with E-state index in [0.29, 0.717) is 18.2 Å². The first kappa shape index (κ1) is 20.9. The largest absolute Gasteiger partial charge is 0.444 e. The maximum atomic E-state index is 12.9. The Labute approximate surface area is 171 Å². The van der Waals surface area contributed by atoms with Crippen LogP contribution in [0, 0.1) is 12.8 Å². The Morgan fingerprint density at radius 2 is 1.83 bits per heavy atom. The lowest BCUT2D eigenvalue weighted by Crippen LogP contribution is -2.55. The van der Waals surface area contributed by atoms with Gasteiger partial charge in [0.1, 0.15) is 5.60 Å². The van der Waals surface area contributed by atoms with Gasteiger partial charge in [0.05, 0.1) is 11.2 Å². The molecule has 7 nitrogen and oxygen atoms in total. The summed E-state index contributed by atoms with van der Waals surface area (Å²) in [4.78, 5) is 25.0. The minimum Gasteiger partial charge on any atom is -0.444 e. The van der Waals surface area contributed by atoms with Crippen LogP contribution >= 0.6 is 0 Å². The number of para-hydroxylation sites is 1. The van der Waals surface area contributed by atoms with Gasteiger partial charge in [0, 0.05) is 12.2 Å². The van der Waals surface area contributed by atoms with Gasteiger partial charge in [-0.25, -0.2) is 9.48 Å². The molecule has 1 aromatic heterocycles.